The molecule has 0 unspecified atom stereocenters. The molecule has 2 aliphatic rings. The number of carbonyl (C=O) groups excluding carboxylic acids is 2. The first-order valence-corrected chi connectivity index (χ1v) is 9.13. The van der Waals surface area contributed by atoms with Crippen LogP contribution < -0.4 is 10.6 Å². The van der Waals surface area contributed by atoms with E-state index in [2.05, 4.69) is 15.5 Å². The Kier molecular flexibility index (Phi) is 7.14. The van der Waals surface area contributed by atoms with Gasteiger partial charge in [-0.2, -0.15) is 0 Å². The Morgan fingerprint density at radius 2 is 1.73 bits per heavy atom. The van der Waals surface area contributed by atoms with E-state index in [1.54, 1.807) is 24.3 Å². The van der Waals surface area contributed by atoms with Crippen LogP contribution in [0.15, 0.2) is 24.3 Å². The average Bonchev–Trinajstić information content (AvgIpc) is 2.96. The molecular formula is C19H29N3O4. The van der Waals surface area contributed by atoms with Crippen LogP contribution in [0, 0.1) is 0 Å². The molecule has 1 heterocycles. The molecular weight excluding hydrogens is 334 g/mol. The second kappa shape index (κ2) is 9.12. The first-order valence-electron chi connectivity index (χ1n) is 9.13. The van der Waals surface area contributed by atoms with Crippen molar-refractivity contribution < 1.29 is 20.2 Å². The highest BCUT2D eigenvalue weighted by Crippen LogP contribution is 2.26. The summed E-state index contributed by atoms with van der Waals surface area (Å²) in [5, 5.41) is 16.0. The van der Waals surface area contributed by atoms with E-state index in [-0.39, 0.29) is 23.3 Å². The number of likely N-dealkylation sites (tertiary alicyclic amines) is 1. The number of anilines is 1. The number of hydrogen-bond donors (Lipinski definition) is 3. The summed E-state index contributed by atoms with van der Waals surface area (Å²) in [6, 6.07) is 7.08. The van der Waals surface area contributed by atoms with Gasteiger partial charge in [0.1, 0.15) is 0 Å². The van der Waals surface area contributed by atoms with Crippen LogP contribution >= 0.6 is 0 Å². The number of amides is 2. The predicted molar refractivity (Wildman–Crippen MR) is 100 cm³/mol. The Morgan fingerprint density at radius 3 is 2.35 bits per heavy atom. The molecule has 0 radical (unpaired) electrons. The molecule has 144 valence electrons. The fourth-order valence-electron chi connectivity index (χ4n) is 3.86. The number of β-amino-alcohol motifs (C(OH)–C–C–N with tert-alkyl or cyclic N) is 1. The van der Waals surface area contributed by atoms with Crippen LogP contribution in [0.25, 0.3) is 0 Å². The van der Waals surface area contributed by atoms with E-state index in [1.807, 2.05) is 0 Å². The molecule has 7 nitrogen and oxygen atoms in total. The Bertz CT molecular complexity index is 614. The van der Waals surface area contributed by atoms with Crippen LogP contribution in [0.4, 0.5) is 5.69 Å². The van der Waals surface area contributed by atoms with E-state index in [0.29, 0.717) is 30.4 Å². The summed E-state index contributed by atoms with van der Waals surface area (Å²) >= 11 is 0. The summed E-state index contributed by atoms with van der Waals surface area (Å²) < 4.78 is 0. The summed E-state index contributed by atoms with van der Waals surface area (Å²) in [7, 11) is 0. The quantitative estimate of drug-likeness (QED) is 0.738. The van der Waals surface area contributed by atoms with Crippen molar-refractivity contribution in [3.05, 3.63) is 29.8 Å². The number of rotatable bonds is 4. The van der Waals surface area contributed by atoms with Crippen molar-refractivity contribution in [1.82, 2.24) is 10.2 Å². The summed E-state index contributed by atoms with van der Waals surface area (Å²) in [5.41, 5.74) is 1.19. The van der Waals surface area contributed by atoms with Gasteiger partial charge in [0.2, 0.25) is 5.91 Å². The fourth-order valence-corrected chi connectivity index (χ4v) is 3.86. The van der Waals surface area contributed by atoms with Crippen LogP contribution in [0.1, 0.15) is 49.4 Å². The number of benzene rings is 1. The lowest BCUT2D eigenvalue weighted by atomic mass is 9.94. The molecule has 0 spiro atoms. The minimum absolute atomic E-state index is 0. The lowest BCUT2D eigenvalue weighted by Gasteiger charge is -2.30. The van der Waals surface area contributed by atoms with E-state index in [1.165, 1.54) is 39.0 Å². The summed E-state index contributed by atoms with van der Waals surface area (Å²) in [4.78, 5) is 25.8. The molecule has 0 bridgehead atoms. The average molecular weight is 363 g/mol. The summed E-state index contributed by atoms with van der Waals surface area (Å²) in [6.45, 7) is 2.79. The topological polar surface area (TPSA) is 113 Å². The standard InChI is InChI=1S/C19H27N3O3.H2O/c1-13(23)20-15-9-7-14(8-10-15)19(25)21-17-11-22(12-18(17)24)16-5-3-2-4-6-16;/h7-10,16-18,24H,2-6,11-12H2,1H3,(H,20,23)(H,21,25);1H2/t17-,18-;/m0./s1. The lowest BCUT2D eigenvalue weighted by molar-refractivity contribution is -0.114. The largest absolute Gasteiger partial charge is 0.412 e. The van der Waals surface area contributed by atoms with Crippen molar-refractivity contribution in [2.45, 2.75) is 57.2 Å². The maximum Gasteiger partial charge on any atom is 0.251 e. The van der Waals surface area contributed by atoms with Crippen molar-refractivity contribution in [3.63, 3.8) is 0 Å². The Hall–Kier alpha value is -1.96. The number of aliphatic hydroxyl groups is 1. The van der Waals surface area contributed by atoms with E-state index < -0.39 is 6.10 Å². The van der Waals surface area contributed by atoms with Crippen LogP contribution in [-0.2, 0) is 4.79 Å². The van der Waals surface area contributed by atoms with E-state index in [4.69, 9.17) is 0 Å². The van der Waals surface area contributed by atoms with Gasteiger partial charge in [0.25, 0.3) is 5.91 Å². The molecule has 2 atom stereocenters. The maximum absolute atomic E-state index is 12.4. The molecule has 2 fully saturated rings. The van der Waals surface area contributed by atoms with Gasteiger partial charge in [0, 0.05) is 37.3 Å². The highest BCUT2D eigenvalue weighted by molar-refractivity contribution is 5.95. The highest BCUT2D eigenvalue weighted by atomic mass is 16.3. The molecule has 1 saturated carbocycles. The second-order valence-corrected chi connectivity index (χ2v) is 7.15. The van der Waals surface area contributed by atoms with Crippen molar-refractivity contribution >= 4 is 17.5 Å². The molecule has 5 N–H and O–H groups in total. The monoisotopic (exact) mass is 363 g/mol. The van der Waals surface area contributed by atoms with Gasteiger partial charge in [-0.05, 0) is 37.1 Å². The molecule has 7 heteroatoms. The van der Waals surface area contributed by atoms with Crippen LogP contribution in [0.2, 0.25) is 0 Å². The first-order chi connectivity index (χ1) is 12.0. The minimum atomic E-state index is -0.524. The number of carbonyl (C=O) groups is 2. The number of nitrogens with one attached hydrogen (secondary N) is 2. The van der Waals surface area contributed by atoms with Crippen LogP contribution in [0.3, 0.4) is 0 Å². The lowest BCUT2D eigenvalue weighted by Crippen LogP contribution is -2.43. The van der Waals surface area contributed by atoms with Gasteiger partial charge in [-0.15, -0.1) is 0 Å². The molecule has 26 heavy (non-hydrogen) atoms. The normalized spacial score (nSPS) is 23.9. The van der Waals surface area contributed by atoms with Gasteiger partial charge in [-0.25, -0.2) is 0 Å². The van der Waals surface area contributed by atoms with Gasteiger partial charge in [0.15, 0.2) is 0 Å². The van der Waals surface area contributed by atoms with Crippen molar-refractivity contribution in [1.29, 1.82) is 0 Å². The van der Waals surface area contributed by atoms with Crippen LogP contribution in [0.5, 0.6) is 0 Å². The third-order valence-electron chi connectivity index (χ3n) is 5.19. The third-order valence-corrected chi connectivity index (χ3v) is 5.19. The second-order valence-electron chi connectivity index (χ2n) is 7.15. The van der Waals surface area contributed by atoms with Gasteiger partial charge >= 0.3 is 0 Å². The predicted octanol–water partition coefficient (Wildman–Crippen LogP) is 0.928. The minimum Gasteiger partial charge on any atom is -0.412 e. The molecule has 1 aliphatic heterocycles. The molecule has 1 aliphatic carbocycles. The highest BCUT2D eigenvalue weighted by Gasteiger charge is 2.36. The summed E-state index contributed by atoms with van der Waals surface area (Å²) in [5.74, 6) is -0.335. The molecule has 2 amide bonds. The Labute approximate surface area is 154 Å². The molecule has 0 aromatic heterocycles. The fraction of sp³-hybridized carbons (Fsp3) is 0.579. The molecule has 1 saturated heterocycles. The Morgan fingerprint density at radius 1 is 1.08 bits per heavy atom. The molecule has 1 aromatic rings. The Balaban J connectivity index is 0.00000243. The van der Waals surface area contributed by atoms with E-state index in [0.717, 1.165) is 0 Å². The maximum atomic E-state index is 12.4. The number of hydrogen-bond acceptors (Lipinski definition) is 4. The van der Waals surface area contributed by atoms with Gasteiger partial charge in [-0.3, -0.25) is 14.5 Å². The zero-order valence-corrected chi connectivity index (χ0v) is 15.2. The van der Waals surface area contributed by atoms with Gasteiger partial charge < -0.3 is 21.2 Å². The zero-order valence-electron chi connectivity index (χ0n) is 15.2. The molecule has 3 rings (SSSR count). The van der Waals surface area contributed by atoms with Gasteiger partial charge in [-0.1, -0.05) is 19.3 Å². The smallest absolute Gasteiger partial charge is 0.251 e. The van der Waals surface area contributed by atoms with E-state index in [9.17, 15) is 14.7 Å². The number of nitrogens with zero attached hydrogens (tertiary/aromatic N) is 1. The third kappa shape index (κ3) is 5.03. The van der Waals surface area contributed by atoms with Crippen molar-refractivity contribution in [2.75, 3.05) is 18.4 Å². The van der Waals surface area contributed by atoms with E-state index >= 15 is 0 Å². The molecule has 1 aromatic carbocycles. The first kappa shape index (κ1) is 20.4. The van der Waals surface area contributed by atoms with Gasteiger partial charge in [0.05, 0.1) is 12.1 Å². The number of aliphatic hydroxyl groups excluding tert-OH is 1. The zero-order chi connectivity index (χ0) is 17.8. The van der Waals surface area contributed by atoms with Crippen molar-refractivity contribution in [3.8, 4) is 0 Å². The van der Waals surface area contributed by atoms with Crippen LogP contribution in [-0.4, -0.2) is 58.6 Å². The SMILES string of the molecule is CC(=O)Nc1ccc(C(=O)N[C@H]2CN(C3CCCCC3)C[C@@H]2O)cc1.O. The summed E-state index contributed by atoms with van der Waals surface area (Å²) in [6.07, 6.45) is 5.69. The van der Waals surface area contributed by atoms with Crippen molar-refractivity contribution in [2.24, 2.45) is 0 Å².